The van der Waals surface area contributed by atoms with Crippen molar-refractivity contribution in [2.75, 3.05) is 38.4 Å². The highest BCUT2D eigenvalue weighted by Crippen LogP contribution is 2.43. The topological polar surface area (TPSA) is 99.6 Å². The summed E-state index contributed by atoms with van der Waals surface area (Å²) in [6, 6.07) is 9.68. The summed E-state index contributed by atoms with van der Waals surface area (Å²) in [5, 5.41) is 10.5. The highest BCUT2D eigenvalue weighted by molar-refractivity contribution is 5.95. The fourth-order valence-electron chi connectivity index (χ4n) is 6.47. The third-order valence-electron chi connectivity index (χ3n) is 8.79. The predicted molar refractivity (Wildman–Crippen MR) is 162 cm³/mol. The fraction of sp³-hybridized carbons (Fsp3) is 0.545. The summed E-state index contributed by atoms with van der Waals surface area (Å²) < 4.78 is 25.3. The van der Waals surface area contributed by atoms with E-state index in [1.807, 2.05) is 17.0 Å². The van der Waals surface area contributed by atoms with E-state index in [0.717, 1.165) is 31.2 Å². The number of benzene rings is 2. The predicted octanol–water partition coefficient (Wildman–Crippen LogP) is 5.20. The normalized spacial score (nSPS) is 19.6. The molecule has 10 heteroatoms. The summed E-state index contributed by atoms with van der Waals surface area (Å²) in [4.78, 5) is 44.5. The van der Waals surface area contributed by atoms with Crippen LogP contribution in [0.2, 0.25) is 0 Å². The van der Waals surface area contributed by atoms with Gasteiger partial charge in [-0.15, -0.1) is 0 Å². The first kappa shape index (κ1) is 32.3. The molecule has 2 aliphatic heterocycles. The van der Waals surface area contributed by atoms with E-state index in [0.29, 0.717) is 42.3 Å². The minimum Gasteiger partial charge on any atom is -0.481 e. The Bertz CT molecular complexity index is 1310. The molecule has 9 nitrogen and oxygen atoms in total. The number of nitrogens with zero attached hydrogens (tertiary/aromatic N) is 3. The smallest absolute Gasteiger partial charge is 0.308 e. The molecular formula is C33H44FN3O6. The number of aryl methyl sites for hydroxylation is 1. The van der Waals surface area contributed by atoms with E-state index in [1.165, 1.54) is 13.0 Å². The second-order valence-corrected chi connectivity index (χ2v) is 11.7. The second kappa shape index (κ2) is 14.2. The van der Waals surface area contributed by atoms with Crippen LogP contribution in [-0.2, 0) is 14.4 Å². The van der Waals surface area contributed by atoms with Gasteiger partial charge < -0.3 is 24.4 Å². The van der Waals surface area contributed by atoms with E-state index >= 15 is 0 Å². The number of hydrogen-bond donors (Lipinski definition) is 1. The van der Waals surface area contributed by atoms with Crippen LogP contribution in [0, 0.1) is 18.7 Å². The average Bonchev–Trinajstić information content (AvgIpc) is 3.58. The standard InChI is InChI=1S/C33H44FN3O6/c1-6-8-24(9-7-2)37(25-11-12-27(34)21(3)16-25)31(39)19-36-18-26(23-10-13-29-30(17-23)43-20-42-29)32(33(40)41)28(36)14-15-35(5)22(4)38/h10-13,16-17,24,26,28,32H,6-9,14-15,18-20H2,1-5H3,(H,40,41)/t26-,28+,32-/m1/s1. The van der Waals surface area contributed by atoms with Gasteiger partial charge in [0.15, 0.2) is 11.5 Å². The molecule has 4 rings (SSSR count). The van der Waals surface area contributed by atoms with Gasteiger partial charge >= 0.3 is 5.97 Å². The molecule has 2 aromatic carbocycles. The van der Waals surface area contributed by atoms with Crippen LogP contribution < -0.4 is 14.4 Å². The van der Waals surface area contributed by atoms with Gasteiger partial charge in [0.2, 0.25) is 18.6 Å². The van der Waals surface area contributed by atoms with Crippen LogP contribution in [0.3, 0.4) is 0 Å². The Morgan fingerprint density at radius 3 is 2.40 bits per heavy atom. The first-order valence-electron chi connectivity index (χ1n) is 15.2. The van der Waals surface area contributed by atoms with E-state index in [4.69, 9.17) is 9.47 Å². The Morgan fingerprint density at radius 2 is 1.77 bits per heavy atom. The summed E-state index contributed by atoms with van der Waals surface area (Å²) in [6.07, 6.45) is 3.74. The molecule has 1 fully saturated rings. The number of anilines is 1. The molecule has 2 aromatic rings. The van der Waals surface area contributed by atoms with Crippen molar-refractivity contribution >= 4 is 23.5 Å². The molecule has 1 N–H and O–H groups in total. The molecule has 43 heavy (non-hydrogen) atoms. The summed E-state index contributed by atoms with van der Waals surface area (Å²) >= 11 is 0. The first-order chi connectivity index (χ1) is 20.5. The van der Waals surface area contributed by atoms with Gasteiger partial charge in [-0.1, -0.05) is 32.8 Å². The average molecular weight is 598 g/mol. The lowest BCUT2D eigenvalue weighted by Gasteiger charge is -2.35. The SMILES string of the molecule is CCCC(CCC)N(C(=O)CN1C[C@H](c2ccc3c(c2)OCO3)[C@@H](C(=O)O)[C@@H]1CCN(C)C(C)=O)c1ccc(F)c(C)c1. The molecule has 234 valence electrons. The van der Waals surface area contributed by atoms with Crippen LogP contribution in [0.25, 0.3) is 0 Å². The zero-order valence-electron chi connectivity index (χ0n) is 25.8. The van der Waals surface area contributed by atoms with Crippen molar-refractivity contribution in [3.63, 3.8) is 0 Å². The Kier molecular flexibility index (Phi) is 10.7. The van der Waals surface area contributed by atoms with Crippen molar-refractivity contribution in [2.24, 2.45) is 5.92 Å². The molecule has 0 radical (unpaired) electrons. The van der Waals surface area contributed by atoms with E-state index in [1.54, 1.807) is 42.0 Å². The summed E-state index contributed by atoms with van der Waals surface area (Å²) in [6.45, 7) is 8.14. The van der Waals surface area contributed by atoms with Gasteiger partial charge in [0, 0.05) is 50.7 Å². The number of rotatable bonds is 13. The lowest BCUT2D eigenvalue weighted by molar-refractivity contribution is -0.143. The van der Waals surface area contributed by atoms with Crippen molar-refractivity contribution in [2.45, 2.75) is 77.8 Å². The van der Waals surface area contributed by atoms with E-state index in [-0.39, 0.29) is 37.0 Å². The van der Waals surface area contributed by atoms with Gasteiger partial charge in [0.25, 0.3) is 0 Å². The Labute approximate surface area is 253 Å². The van der Waals surface area contributed by atoms with Crippen LogP contribution in [0.15, 0.2) is 36.4 Å². The van der Waals surface area contributed by atoms with Crippen molar-refractivity contribution in [3.05, 3.63) is 53.3 Å². The molecule has 0 spiro atoms. The number of carboxylic acid groups (broad SMARTS) is 1. The highest BCUT2D eigenvalue weighted by Gasteiger charge is 2.47. The number of halogens is 1. The largest absolute Gasteiger partial charge is 0.481 e. The van der Waals surface area contributed by atoms with Crippen LogP contribution >= 0.6 is 0 Å². The molecule has 0 aromatic heterocycles. The van der Waals surface area contributed by atoms with Crippen LogP contribution in [-0.4, -0.2) is 78.2 Å². The molecule has 2 aliphatic rings. The van der Waals surface area contributed by atoms with Gasteiger partial charge in [-0.2, -0.15) is 0 Å². The zero-order chi connectivity index (χ0) is 31.3. The number of carbonyl (C=O) groups is 3. The number of carbonyl (C=O) groups excluding carboxylic acids is 2. The maximum absolute atomic E-state index is 14.3. The molecule has 0 bridgehead atoms. The third kappa shape index (κ3) is 7.29. The van der Waals surface area contributed by atoms with E-state index < -0.39 is 23.8 Å². The van der Waals surface area contributed by atoms with Crippen molar-refractivity contribution < 1.29 is 33.4 Å². The minimum atomic E-state index is -0.950. The number of carboxylic acids is 1. The van der Waals surface area contributed by atoms with Crippen molar-refractivity contribution in [1.29, 1.82) is 0 Å². The van der Waals surface area contributed by atoms with Crippen LogP contribution in [0.5, 0.6) is 11.5 Å². The third-order valence-corrected chi connectivity index (χ3v) is 8.79. The summed E-state index contributed by atoms with van der Waals surface area (Å²) in [5.74, 6) is -1.57. The zero-order valence-corrected chi connectivity index (χ0v) is 25.8. The number of hydrogen-bond acceptors (Lipinski definition) is 6. The molecule has 3 atom stereocenters. The molecular weight excluding hydrogens is 553 g/mol. The minimum absolute atomic E-state index is 0.000360. The van der Waals surface area contributed by atoms with Gasteiger partial charge in [-0.3, -0.25) is 19.3 Å². The lowest BCUT2D eigenvalue weighted by Crippen LogP contribution is -2.48. The van der Waals surface area contributed by atoms with Crippen LogP contribution in [0.4, 0.5) is 10.1 Å². The van der Waals surface area contributed by atoms with Gasteiger partial charge in [-0.05, 0) is 67.6 Å². The second-order valence-electron chi connectivity index (χ2n) is 11.7. The number of fused-ring (bicyclic) bond motifs is 1. The first-order valence-corrected chi connectivity index (χ1v) is 15.2. The van der Waals surface area contributed by atoms with E-state index in [2.05, 4.69) is 13.8 Å². The Morgan fingerprint density at radius 1 is 1.07 bits per heavy atom. The summed E-state index contributed by atoms with van der Waals surface area (Å²) in [7, 11) is 1.69. The van der Waals surface area contributed by atoms with Gasteiger partial charge in [-0.25, -0.2) is 4.39 Å². The van der Waals surface area contributed by atoms with Gasteiger partial charge in [0.1, 0.15) is 5.82 Å². The Hall–Kier alpha value is -3.66. The maximum atomic E-state index is 14.3. The summed E-state index contributed by atoms with van der Waals surface area (Å²) in [5.41, 5.74) is 1.91. The number of likely N-dealkylation sites (tertiary alicyclic amines) is 1. The molecule has 0 unspecified atom stereocenters. The molecule has 2 heterocycles. The number of amides is 2. The number of ether oxygens (including phenoxy) is 2. The molecule has 0 saturated carbocycles. The molecule has 2 amide bonds. The van der Waals surface area contributed by atoms with Crippen LogP contribution in [0.1, 0.15) is 69.9 Å². The van der Waals surface area contributed by atoms with Gasteiger partial charge in [0.05, 0.1) is 12.5 Å². The monoisotopic (exact) mass is 597 g/mol. The van der Waals surface area contributed by atoms with Crippen molar-refractivity contribution in [3.8, 4) is 11.5 Å². The molecule has 1 saturated heterocycles. The fourth-order valence-corrected chi connectivity index (χ4v) is 6.47. The van der Waals surface area contributed by atoms with Crippen molar-refractivity contribution in [1.82, 2.24) is 9.80 Å². The maximum Gasteiger partial charge on any atom is 0.308 e. The molecule has 0 aliphatic carbocycles. The van der Waals surface area contributed by atoms with E-state index in [9.17, 15) is 23.9 Å². The lowest BCUT2D eigenvalue weighted by atomic mass is 9.84. The Balaban J connectivity index is 1.70. The number of aliphatic carboxylic acids is 1. The quantitative estimate of drug-likeness (QED) is 0.339. The highest BCUT2D eigenvalue weighted by atomic mass is 19.1.